The van der Waals surface area contributed by atoms with Crippen molar-refractivity contribution in [3.8, 4) is 0 Å². The first-order chi connectivity index (χ1) is 13.2. The summed E-state index contributed by atoms with van der Waals surface area (Å²) in [4.78, 5) is 22.9. The molecule has 137 valence electrons. The predicted molar refractivity (Wildman–Crippen MR) is 110 cm³/mol. The highest BCUT2D eigenvalue weighted by Gasteiger charge is 2.45. The van der Waals surface area contributed by atoms with Crippen molar-refractivity contribution in [3.63, 3.8) is 0 Å². The third kappa shape index (κ3) is 3.10. The zero-order valence-electron chi connectivity index (χ0n) is 15.1. The molecule has 2 fully saturated rings. The molecular formula is C19H22BN6O. The van der Waals surface area contributed by atoms with Crippen LogP contribution in [0, 0.1) is 16.2 Å². The van der Waals surface area contributed by atoms with Crippen LogP contribution in [0.1, 0.15) is 18.4 Å². The number of nitrogens with zero attached hydrogens (tertiary/aromatic N) is 3. The van der Waals surface area contributed by atoms with E-state index in [-0.39, 0.29) is 5.41 Å². The number of rotatable bonds is 6. The Balaban J connectivity index is 1.68. The molecule has 1 radical (unpaired) electrons. The van der Waals surface area contributed by atoms with Gasteiger partial charge in [0.15, 0.2) is 0 Å². The van der Waals surface area contributed by atoms with E-state index in [4.69, 9.17) is 10.8 Å². The summed E-state index contributed by atoms with van der Waals surface area (Å²) in [5.74, 6) is 0. The molecule has 0 aromatic carbocycles. The Hall–Kier alpha value is -2.74. The van der Waals surface area contributed by atoms with Gasteiger partial charge in [-0.05, 0) is 38.1 Å². The van der Waals surface area contributed by atoms with Crippen molar-refractivity contribution in [2.24, 2.45) is 5.41 Å². The minimum absolute atomic E-state index is 0.235. The number of piperidine rings is 1. The van der Waals surface area contributed by atoms with Gasteiger partial charge < -0.3 is 30.3 Å². The van der Waals surface area contributed by atoms with Gasteiger partial charge in [-0.3, -0.25) is 0 Å². The molecule has 0 saturated carbocycles. The summed E-state index contributed by atoms with van der Waals surface area (Å²) in [5.41, 5.74) is 3.73. The molecule has 4 rings (SSSR count). The van der Waals surface area contributed by atoms with Crippen LogP contribution in [0.5, 0.6) is 0 Å². The number of allylic oxidation sites excluding steroid dienone is 2. The molecular weight excluding hydrogens is 339 g/mol. The molecule has 2 aromatic rings. The van der Waals surface area contributed by atoms with Gasteiger partial charge in [-0.1, -0.05) is 0 Å². The second-order valence-electron chi connectivity index (χ2n) is 7.40. The monoisotopic (exact) mass is 361 g/mol. The fourth-order valence-electron chi connectivity index (χ4n) is 4.51. The molecule has 3 N–H and O–H groups in total. The summed E-state index contributed by atoms with van der Waals surface area (Å²) in [7, 11) is 1.64. The second kappa shape index (κ2) is 7.11. The Kier molecular flexibility index (Phi) is 4.65. The second-order valence-corrected chi connectivity index (χ2v) is 7.40. The van der Waals surface area contributed by atoms with Crippen molar-refractivity contribution in [1.29, 1.82) is 10.8 Å². The standard InChI is InChI=1S/C19H22BN6O/c21-5-2-14(8-22)15-9-24-18-17(15)16(3-6-23-18)25-7-1-4-19(10-25)11-26(12-19)20-13-27/h2-3,5-6,8-9,13,21-22H,1,4,7,10-12H2,(H,23,24)/b14-2+,21-5?,22-8?. The Morgan fingerprint density at radius 2 is 2.19 bits per heavy atom. The molecule has 0 bridgehead atoms. The SMILES string of the molecule is N=C/C=C(\C=N)c1c[nH]c2nccc(N3CCCC4(CN([B]C=O)C4)C3)c12. The summed E-state index contributed by atoms with van der Waals surface area (Å²) in [5, 5.41) is 16.1. The molecule has 2 saturated heterocycles. The zero-order chi connectivity index (χ0) is 18.9. The molecule has 2 aromatic heterocycles. The number of H-pyrrole nitrogens is 1. The van der Waals surface area contributed by atoms with Crippen molar-refractivity contribution in [1.82, 2.24) is 14.8 Å². The number of pyridine rings is 1. The molecule has 4 heterocycles. The van der Waals surface area contributed by atoms with Crippen molar-refractivity contribution < 1.29 is 4.79 Å². The van der Waals surface area contributed by atoms with Gasteiger partial charge in [0, 0.05) is 65.5 Å². The van der Waals surface area contributed by atoms with Crippen molar-refractivity contribution in [2.45, 2.75) is 12.8 Å². The number of nitrogens with one attached hydrogen (secondary N) is 3. The average molecular weight is 361 g/mol. The average Bonchev–Trinajstić information content (AvgIpc) is 3.09. The Morgan fingerprint density at radius 1 is 1.33 bits per heavy atom. The number of aromatic nitrogens is 2. The molecule has 8 heteroatoms. The molecule has 0 unspecified atom stereocenters. The number of fused-ring (bicyclic) bond motifs is 1. The van der Waals surface area contributed by atoms with Gasteiger partial charge in [0.1, 0.15) is 5.65 Å². The van der Waals surface area contributed by atoms with Crippen LogP contribution >= 0.6 is 0 Å². The zero-order valence-corrected chi connectivity index (χ0v) is 15.1. The topological polar surface area (TPSA) is 99.9 Å². The van der Waals surface area contributed by atoms with E-state index in [9.17, 15) is 4.79 Å². The third-order valence-corrected chi connectivity index (χ3v) is 5.63. The lowest BCUT2D eigenvalue weighted by Crippen LogP contribution is -2.64. The van der Waals surface area contributed by atoms with E-state index in [1.54, 1.807) is 13.5 Å². The first-order valence-electron chi connectivity index (χ1n) is 9.15. The minimum atomic E-state index is 0.235. The summed E-state index contributed by atoms with van der Waals surface area (Å²) in [6, 6.07) is 2.04. The first kappa shape index (κ1) is 17.7. The Labute approximate surface area is 158 Å². The lowest BCUT2D eigenvalue weighted by molar-refractivity contribution is 0.0537. The first-order valence-corrected chi connectivity index (χ1v) is 9.15. The maximum Gasteiger partial charge on any atom is 0.293 e. The van der Waals surface area contributed by atoms with E-state index < -0.39 is 0 Å². The minimum Gasteiger partial charge on any atom is -0.370 e. The van der Waals surface area contributed by atoms with Gasteiger partial charge in [0.2, 0.25) is 0 Å². The highest BCUT2D eigenvalue weighted by Crippen LogP contribution is 2.41. The van der Waals surface area contributed by atoms with Crippen LogP contribution in [0.3, 0.4) is 0 Å². The van der Waals surface area contributed by atoms with Crippen LogP contribution in [0.15, 0.2) is 24.5 Å². The van der Waals surface area contributed by atoms with E-state index in [0.29, 0.717) is 5.57 Å². The lowest BCUT2D eigenvalue weighted by Gasteiger charge is -2.55. The molecule has 27 heavy (non-hydrogen) atoms. The third-order valence-electron chi connectivity index (χ3n) is 5.63. The normalized spacial score (nSPS) is 19.7. The Morgan fingerprint density at radius 3 is 2.93 bits per heavy atom. The van der Waals surface area contributed by atoms with Crippen LogP contribution < -0.4 is 4.90 Å². The molecule has 2 aliphatic heterocycles. The highest BCUT2D eigenvalue weighted by atomic mass is 16.1. The smallest absolute Gasteiger partial charge is 0.293 e. The summed E-state index contributed by atoms with van der Waals surface area (Å²) < 4.78 is 0. The Bertz CT molecular complexity index is 914. The quantitative estimate of drug-likeness (QED) is 0.416. The number of carbonyl (C=O) groups excluding carboxylic acids is 1. The highest BCUT2D eigenvalue weighted by molar-refractivity contribution is 6.64. The van der Waals surface area contributed by atoms with Gasteiger partial charge in [-0.15, -0.1) is 0 Å². The maximum absolute atomic E-state index is 10.7. The van der Waals surface area contributed by atoms with E-state index in [2.05, 4.69) is 19.7 Å². The summed E-state index contributed by atoms with van der Waals surface area (Å²) in [6.07, 6.45) is 11.0. The summed E-state index contributed by atoms with van der Waals surface area (Å²) in [6.45, 7) is 3.79. The van der Waals surface area contributed by atoms with Crippen molar-refractivity contribution in [3.05, 3.63) is 30.1 Å². The van der Waals surface area contributed by atoms with Crippen LogP contribution in [0.4, 0.5) is 5.69 Å². The van der Waals surface area contributed by atoms with Gasteiger partial charge >= 0.3 is 0 Å². The molecule has 7 nitrogen and oxygen atoms in total. The predicted octanol–water partition coefficient (Wildman–Crippen LogP) is 1.96. The number of hydrogen-bond donors (Lipinski definition) is 3. The molecule has 1 spiro atoms. The van der Waals surface area contributed by atoms with E-state index >= 15 is 0 Å². The molecule has 0 atom stereocenters. The van der Waals surface area contributed by atoms with Crippen LogP contribution in [-0.2, 0) is 4.79 Å². The van der Waals surface area contributed by atoms with E-state index in [0.717, 1.165) is 61.1 Å². The van der Waals surface area contributed by atoms with Gasteiger partial charge in [0.25, 0.3) is 7.41 Å². The fourth-order valence-corrected chi connectivity index (χ4v) is 4.51. The van der Waals surface area contributed by atoms with Crippen LogP contribution in [0.25, 0.3) is 16.6 Å². The lowest BCUT2D eigenvalue weighted by atomic mass is 9.69. The maximum atomic E-state index is 10.7. The van der Waals surface area contributed by atoms with Crippen LogP contribution in [0.2, 0.25) is 0 Å². The van der Waals surface area contributed by atoms with Crippen molar-refractivity contribution in [2.75, 3.05) is 31.1 Å². The number of anilines is 1. The van der Waals surface area contributed by atoms with Crippen LogP contribution in [-0.4, -0.2) is 67.0 Å². The van der Waals surface area contributed by atoms with Gasteiger partial charge in [-0.25, -0.2) is 4.98 Å². The largest absolute Gasteiger partial charge is 0.370 e. The van der Waals surface area contributed by atoms with Crippen molar-refractivity contribution >= 4 is 48.3 Å². The van der Waals surface area contributed by atoms with E-state index in [1.807, 2.05) is 18.5 Å². The molecule has 0 aliphatic carbocycles. The van der Waals surface area contributed by atoms with E-state index in [1.165, 1.54) is 18.9 Å². The number of carbonyl (C=O) groups is 1. The number of hydrogen-bond acceptors (Lipinski definition) is 6. The molecule has 0 amide bonds. The molecule has 2 aliphatic rings. The fraction of sp³-hybridized carbons (Fsp3) is 0.368. The summed E-state index contributed by atoms with van der Waals surface area (Å²) >= 11 is 0. The number of aromatic amines is 1. The van der Waals surface area contributed by atoms with Gasteiger partial charge in [0.05, 0.1) is 6.19 Å². The van der Waals surface area contributed by atoms with Gasteiger partial charge in [-0.2, -0.15) is 0 Å².